The van der Waals surface area contributed by atoms with Gasteiger partial charge in [-0.3, -0.25) is 14.2 Å². The van der Waals surface area contributed by atoms with Crippen LogP contribution in [0.1, 0.15) is 23.1 Å². The van der Waals surface area contributed by atoms with Crippen molar-refractivity contribution in [3.63, 3.8) is 0 Å². The van der Waals surface area contributed by atoms with Crippen molar-refractivity contribution in [3.05, 3.63) is 90.3 Å². The summed E-state index contributed by atoms with van der Waals surface area (Å²) < 4.78 is 8.40. The Morgan fingerprint density at radius 1 is 0.974 bits per heavy atom. The van der Waals surface area contributed by atoms with Gasteiger partial charge in [-0.15, -0.1) is 10.2 Å². The van der Waals surface area contributed by atoms with Crippen molar-refractivity contribution in [2.24, 2.45) is 0 Å². The third-order valence-electron chi connectivity index (χ3n) is 5.42. The highest BCUT2D eigenvalue weighted by Gasteiger charge is 2.18. The molecule has 3 aromatic carbocycles. The number of nitrogens with one attached hydrogen (secondary N) is 2. The second-order valence-corrected chi connectivity index (χ2v) is 10.0. The number of carbonyl (C=O) groups is 2. The van der Waals surface area contributed by atoms with E-state index in [2.05, 4.69) is 25.8 Å². The van der Waals surface area contributed by atoms with Gasteiger partial charge in [-0.2, -0.15) is 0 Å². The predicted octanol–water partition coefficient (Wildman–Crippen LogP) is 4.94. The van der Waals surface area contributed by atoms with Gasteiger partial charge in [-0.25, -0.2) is 4.98 Å². The van der Waals surface area contributed by atoms with E-state index in [1.165, 1.54) is 23.1 Å². The first kappa shape index (κ1) is 25.4. The average molecular weight is 545 g/mol. The van der Waals surface area contributed by atoms with Gasteiger partial charge in [-0.05, 0) is 55.5 Å². The predicted molar refractivity (Wildman–Crippen MR) is 149 cm³/mol. The zero-order chi connectivity index (χ0) is 26.3. The Hall–Kier alpha value is -4.22. The maximum absolute atomic E-state index is 12.7. The Morgan fingerprint density at radius 3 is 2.50 bits per heavy atom. The summed E-state index contributed by atoms with van der Waals surface area (Å²) in [6.45, 7) is 2.65. The minimum atomic E-state index is -0.212. The van der Waals surface area contributed by atoms with E-state index in [9.17, 15) is 9.59 Å². The fraction of sp³-hybridized carbons (Fsp3) is 0.148. The van der Waals surface area contributed by atoms with Gasteiger partial charge in [0.15, 0.2) is 16.1 Å². The monoisotopic (exact) mass is 544 g/mol. The number of hydrogen-bond donors (Lipinski definition) is 2. The van der Waals surface area contributed by atoms with Crippen molar-refractivity contribution < 1.29 is 14.3 Å². The second-order valence-electron chi connectivity index (χ2n) is 8.03. The van der Waals surface area contributed by atoms with Crippen LogP contribution in [0, 0.1) is 0 Å². The molecule has 0 unspecified atom stereocenters. The summed E-state index contributed by atoms with van der Waals surface area (Å²) in [5.41, 5.74) is 2.19. The zero-order valence-electron chi connectivity index (χ0n) is 20.5. The van der Waals surface area contributed by atoms with Crippen molar-refractivity contribution in [1.82, 2.24) is 25.1 Å². The number of hydrogen-bond acceptors (Lipinski definition) is 8. The van der Waals surface area contributed by atoms with Crippen LogP contribution in [0.25, 0.3) is 15.9 Å². The third-order valence-corrected chi connectivity index (χ3v) is 7.30. The van der Waals surface area contributed by atoms with Crippen LogP contribution in [0.3, 0.4) is 0 Å². The molecule has 0 spiro atoms. The largest absolute Gasteiger partial charge is 0.494 e. The average Bonchev–Trinajstić information content (AvgIpc) is 3.55. The van der Waals surface area contributed by atoms with E-state index in [4.69, 9.17) is 4.74 Å². The number of para-hydroxylation sites is 1. The molecule has 2 N–H and O–H groups in total. The van der Waals surface area contributed by atoms with E-state index in [-0.39, 0.29) is 24.1 Å². The Bertz CT molecular complexity index is 1520. The van der Waals surface area contributed by atoms with Crippen LogP contribution in [-0.2, 0) is 11.3 Å². The van der Waals surface area contributed by atoms with Crippen molar-refractivity contribution in [1.29, 1.82) is 0 Å². The molecular weight excluding hydrogens is 520 g/mol. The fourth-order valence-corrected chi connectivity index (χ4v) is 5.34. The third kappa shape index (κ3) is 6.01. The van der Waals surface area contributed by atoms with Crippen LogP contribution in [0.2, 0.25) is 0 Å². The van der Waals surface area contributed by atoms with E-state index in [1.54, 1.807) is 12.1 Å². The molecule has 5 aromatic rings. The van der Waals surface area contributed by atoms with Crippen molar-refractivity contribution in [2.75, 3.05) is 17.7 Å². The summed E-state index contributed by atoms with van der Waals surface area (Å²) in [6.07, 6.45) is 0. The molecule has 5 rings (SSSR count). The summed E-state index contributed by atoms with van der Waals surface area (Å²) >= 11 is 2.68. The van der Waals surface area contributed by atoms with E-state index < -0.39 is 0 Å². The van der Waals surface area contributed by atoms with Crippen LogP contribution >= 0.6 is 23.1 Å². The maximum Gasteiger partial charge on any atom is 0.251 e. The first-order valence-electron chi connectivity index (χ1n) is 11.9. The molecule has 38 heavy (non-hydrogen) atoms. The lowest BCUT2D eigenvalue weighted by Gasteiger charge is -2.12. The van der Waals surface area contributed by atoms with Gasteiger partial charge >= 0.3 is 0 Å². The Labute approximate surface area is 227 Å². The number of thioether (sulfide) groups is 1. The van der Waals surface area contributed by atoms with Crippen molar-refractivity contribution >= 4 is 50.3 Å². The summed E-state index contributed by atoms with van der Waals surface area (Å²) in [6, 6.07) is 24.2. The molecule has 0 radical (unpaired) electrons. The van der Waals surface area contributed by atoms with Gasteiger partial charge in [0.25, 0.3) is 5.91 Å². The molecule has 0 aliphatic heterocycles. The number of aromatic nitrogens is 4. The minimum Gasteiger partial charge on any atom is -0.494 e. The molecule has 2 amide bonds. The van der Waals surface area contributed by atoms with E-state index in [0.29, 0.717) is 28.3 Å². The van der Waals surface area contributed by atoms with Crippen LogP contribution in [0.15, 0.2) is 84.0 Å². The molecule has 11 heteroatoms. The number of anilines is 1. The molecule has 2 aromatic heterocycles. The molecule has 0 aliphatic carbocycles. The number of carbonyl (C=O) groups excluding carboxylic acids is 2. The van der Waals surface area contributed by atoms with Gasteiger partial charge < -0.3 is 15.4 Å². The normalized spacial score (nSPS) is 10.9. The summed E-state index contributed by atoms with van der Waals surface area (Å²) in [4.78, 5) is 29.8. The number of fused-ring (bicyclic) bond motifs is 1. The molecule has 0 aliphatic rings. The lowest BCUT2D eigenvalue weighted by Crippen LogP contribution is -2.24. The van der Waals surface area contributed by atoms with Crippen LogP contribution < -0.4 is 15.4 Å². The number of rotatable bonds is 10. The maximum atomic E-state index is 12.7. The Balaban J connectivity index is 1.32. The van der Waals surface area contributed by atoms with Gasteiger partial charge in [0, 0.05) is 11.3 Å². The number of ether oxygens (including phenoxy) is 1. The molecule has 192 valence electrons. The van der Waals surface area contributed by atoms with Gasteiger partial charge in [0.05, 0.1) is 29.1 Å². The van der Waals surface area contributed by atoms with Crippen LogP contribution in [0.4, 0.5) is 5.13 Å². The van der Waals surface area contributed by atoms with Crippen LogP contribution in [-0.4, -0.2) is 43.9 Å². The van der Waals surface area contributed by atoms with Gasteiger partial charge in [0.2, 0.25) is 5.91 Å². The lowest BCUT2D eigenvalue weighted by molar-refractivity contribution is -0.113. The van der Waals surface area contributed by atoms with Crippen molar-refractivity contribution in [3.8, 4) is 11.4 Å². The quantitative estimate of drug-likeness (QED) is 0.240. The SMILES string of the molecule is CCOc1ccc(-n2c(CNC(=O)c3ccccc3)nnc2SCC(=O)Nc2nc3ccccc3s2)cc1. The second kappa shape index (κ2) is 11.9. The molecule has 0 saturated heterocycles. The summed E-state index contributed by atoms with van der Waals surface area (Å²) in [5, 5.41) is 15.5. The minimum absolute atomic E-state index is 0.113. The highest BCUT2D eigenvalue weighted by molar-refractivity contribution is 7.99. The highest BCUT2D eigenvalue weighted by Crippen LogP contribution is 2.27. The van der Waals surface area contributed by atoms with E-state index in [0.717, 1.165) is 21.7 Å². The molecule has 0 saturated carbocycles. The van der Waals surface area contributed by atoms with Gasteiger partial charge in [0.1, 0.15) is 5.75 Å². The molecule has 9 nitrogen and oxygen atoms in total. The van der Waals surface area contributed by atoms with E-state index >= 15 is 0 Å². The number of thiazole rings is 1. The number of benzene rings is 3. The fourth-order valence-electron chi connectivity index (χ4n) is 3.69. The molecule has 0 fully saturated rings. The Kier molecular flexibility index (Phi) is 7.95. The highest BCUT2D eigenvalue weighted by atomic mass is 32.2. The van der Waals surface area contributed by atoms with Gasteiger partial charge in [-0.1, -0.05) is 53.4 Å². The molecule has 2 heterocycles. The lowest BCUT2D eigenvalue weighted by atomic mass is 10.2. The molecule has 0 atom stereocenters. The zero-order valence-corrected chi connectivity index (χ0v) is 22.1. The molecule has 0 bridgehead atoms. The first-order chi connectivity index (χ1) is 18.6. The van der Waals surface area contributed by atoms with Crippen molar-refractivity contribution in [2.45, 2.75) is 18.6 Å². The first-order valence-corrected chi connectivity index (χ1v) is 13.7. The molecular formula is C27H24N6O3S2. The summed E-state index contributed by atoms with van der Waals surface area (Å²) in [7, 11) is 0. The summed E-state index contributed by atoms with van der Waals surface area (Å²) in [5.74, 6) is 0.979. The standard InChI is InChI=1S/C27H24N6O3S2/c1-2-36-20-14-12-19(13-15-20)33-23(16-28-25(35)18-8-4-3-5-9-18)31-32-27(33)37-17-24(34)30-26-29-21-10-6-7-11-22(21)38-26/h3-15H,2,16-17H2,1H3,(H,28,35)(H,29,30,34). The number of amides is 2. The smallest absolute Gasteiger partial charge is 0.251 e. The van der Waals surface area contributed by atoms with E-state index in [1.807, 2.05) is 78.2 Å². The Morgan fingerprint density at radius 2 is 1.74 bits per heavy atom. The topological polar surface area (TPSA) is 111 Å². The van der Waals surface area contributed by atoms with Crippen LogP contribution in [0.5, 0.6) is 5.75 Å². The number of nitrogens with zero attached hydrogens (tertiary/aromatic N) is 4.